The molecule has 1 N–H and O–H groups in total. The summed E-state index contributed by atoms with van der Waals surface area (Å²) in [5, 5.41) is 11.6. The summed E-state index contributed by atoms with van der Waals surface area (Å²) >= 11 is 5.98. The van der Waals surface area contributed by atoms with Crippen molar-refractivity contribution in [3.63, 3.8) is 0 Å². The molecule has 0 spiro atoms. The van der Waals surface area contributed by atoms with Crippen LogP contribution in [0.2, 0.25) is 5.02 Å². The Bertz CT molecular complexity index is 1030. The molecule has 2 aliphatic rings. The number of aliphatic hydroxyl groups excluding tert-OH is 1. The molecule has 0 aromatic heterocycles. The molecular weight excluding hydrogens is 442 g/mol. The van der Waals surface area contributed by atoms with Crippen LogP contribution in [0.15, 0.2) is 54.1 Å². The van der Waals surface area contributed by atoms with E-state index in [1.807, 2.05) is 24.3 Å². The van der Waals surface area contributed by atoms with Gasteiger partial charge in [-0.2, -0.15) is 0 Å². The minimum absolute atomic E-state index is 0.0694. The van der Waals surface area contributed by atoms with Crippen molar-refractivity contribution in [3.05, 3.63) is 70.3 Å². The predicted octanol–water partition coefficient (Wildman–Crippen LogP) is 5.12. The van der Waals surface area contributed by atoms with Gasteiger partial charge in [0.1, 0.15) is 11.5 Å². The second kappa shape index (κ2) is 10.4. The van der Waals surface area contributed by atoms with Crippen LogP contribution in [-0.2, 0) is 14.3 Å². The zero-order valence-electron chi connectivity index (χ0n) is 18.6. The highest BCUT2D eigenvalue weighted by Crippen LogP contribution is 2.40. The molecule has 2 atom stereocenters. The van der Waals surface area contributed by atoms with Crippen molar-refractivity contribution in [2.45, 2.75) is 44.8 Å². The maximum atomic E-state index is 13.1. The SMILES string of the molecule is CCCCOc1ccc([C@@H]2C(=C(O)c3ccc(Cl)cc3)C(=O)C(=O)N2C[C@H]2CCCO2)cc1. The van der Waals surface area contributed by atoms with Gasteiger partial charge in [-0.1, -0.05) is 37.1 Å². The average Bonchev–Trinajstić information content (AvgIpc) is 3.42. The Hall–Kier alpha value is -2.83. The van der Waals surface area contributed by atoms with E-state index in [1.165, 1.54) is 4.90 Å². The Kier molecular flexibility index (Phi) is 7.36. The van der Waals surface area contributed by atoms with Gasteiger partial charge < -0.3 is 19.5 Å². The highest BCUT2D eigenvalue weighted by Gasteiger charge is 2.47. The van der Waals surface area contributed by atoms with Gasteiger partial charge in [0, 0.05) is 23.7 Å². The van der Waals surface area contributed by atoms with E-state index in [4.69, 9.17) is 21.1 Å². The van der Waals surface area contributed by atoms with Crippen molar-refractivity contribution in [2.75, 3.05) is 19.8 Å². The molecular formula is C26H28ClNO5. The molecule has 0 saturated carbocycles. The summed E-state index contributed by atoms with van der Waals surface area (Å²) in [4.78, 5) is 27.7. The monoisotopic (exact) mass is 469 g/mol. The summed E-state index contributed by atoms with van der Waals surface area (Å²) in [5.41, 5.74) is 1.23. The first-order valence-corrected chi connectivity index (χ1v) is 11.8. The molecule has 2 aromatic rings. The molecule has 2 aromatic carbocycles. The topological polar surface area (TPSA) is 76.1 Å². The third kappa shape index (κ3) is 5.07. The van der Waals surface area contributed by atoms with E-state index < -0.39 is 17.7 Å². The number of ketones is 1. The van der Waals surface area contributed by atoms with Crippen LogP contribution in [0.25, 0.3) is 5.76 Å². The van der Waals surface area contributed by atoms with Gasteiger partial charge in [0.05, 0.1) is 24.3 Å². The zero-order chi connectivity index (χ0) is 23.4. The Morgan fingerprint density at radius 3 is 2.52 bits per heavy atom. The second-order valence-electron chi connectivity index (χ2n) is 8.36. The van der Waals surface area contributed by atoms with Crippen LogP contribution >= 0.6 is 11.6 Å². The molecule has 7 heteroatoms. The van der Waals surface area contributed by atoms with E-state index in [2.05, 4.69) is 6.92 Å². The molecule has 0 aliphatic carbocycles. The minimum Gasteiger partial charge on any atom is -0.507 e. The number of carbonyl (C=O) groups is 2. The number of benzene rings is 2. The maximum absolute atomic E-state index is 13.1. The van der Waals surface area contributed by atoms with Gasteiger partial charge in [0.2, 0.25) is 0 Å². The molecule has 0 bridgehead atoms. The van der Waals surface area contributed by atoms with Gasteiger partial charge >= 0.3 is 0 Å². The van der Waals surface area contributed by atoms with Crippen molar-refractivity contribution < 1.29 is 24.2 Å². The van der Waals surface area contributed by atoms with E-state index in [0.717, 1.165) is 37.0 Å². The number of hydrogen-bond donors (Lipinski definition) is 1. The van der Waals surface area contributed by atoms with Crippen LogP contribution < -0.4 is 4.74 Å². The van der Waals surface area contributed by atoms with Crippen molar-refractivity contribution in [1.82, 2.24) is 4.90 Å². The standard InChI is InChI=1S/C26H28ClNO5/c1-2-3-14-32-20-12-8-17(9-13-20)23-22(24(29)18-6-10-19(27)11-7-18)25(30)26(31)28(23)16-21-5-4-15-33-21/h6-13,21,23,29H,2-5,14-16H2,1H3/t21-,23-/m1/s1. The second-order valence-corrected chi connectivity index (χ2v) is 8.80. The molecule has 0 radical (unpaired) electrons. The van der Waals surface area contributed by atoms with Gasteiger partial charge in [0.25, 0.3) is 11.7 Å². The molecule has 2 saturated heterocycles. The first-order valence-electron chi connectivity index (χ1n) is 11.4. The van der Waals surface area contributed by atoms with Crippen molar-refractivity contribution >= 4 is 29.1 Å². The molecule has 2 aliphatic heterocycles. The number of rotatable bonds is 8. The van der Waals surface area contributed by atoms with E-state index >= 15 is 0 Å². The lowest BCUT2D eigenvalue weighted by Gasteiger charge is -2.27. The van der Waals surface area contributed by atoms with Gasteiger partial charge in [-0.25, -0.2) is 0 Å². The molecule has 6 nitrogen and oxygen atoms in total. The Morgan fingerprint density at radius 2 is 1.88 bits per heavy atom. The van der Waals surface area contributed by atoms with E-state index in [1.54, 1.807) is 24.3 Å². The lowest BCUT2D eigenvalue weighted by atomic mass is 9.95. The van der Waals surface area contributed by atoms with Gasteiger partial charge in [0.15, 0.2) is 0 Å². The van der Waals surface area contributed by atoms with Gasteiger partial charge in [-0.05, 0) is 61.2 Å². The predicted molar refractivity (Wildman–Crippen MR) is 126 cm³/mol. The summed E-state index contributed by atoms with van der Waals surface area (Å²) in [6.07, 6.45) is 3.63. The molecule has 4 rings (SSSR count). The number of Topliss-reactive ketones (excluding diaryl/α,β-unsaturated/α-hetero) is 1. The molecule has 1 amide bonds. The highest BCUT2D eigenvalue weighted by molar-refractivity contribution is 6.46. The van der Waals surface area contributed by atoms with Crippen LogP contribution in [0.3, 0.4) is 0 Å². The summed E-state index contributed by atoms with van der Waals surface area (Å²) in [6, 6.07) is 13.2. The summed E-state index contributed by atoms with van der Waals surface area (Å²) in [6.45, 7) is 3.67. The van der Waals surface area contributed by atoms with E-state index in [-0.39, 0.29) is 17.4 Å². The number of carbonyl (C=O) groups excluding carboxylic acids is 2. The van der Waals surface area contributed by atoms with Crippen LogP contribution in [-0.4, -0.2) is 47.6 Å². The van der Waals surface area contributed by atoms with Crippen LogP contribution in [0.1, 0.15) is 49.8 Å². The summed E-state index contributed by atoms with van der Waals surface area (Å²) in [7, 11) is 0. The molecule has 2 heterocycles. The number of likely N-dealkylation sites (tertiary alicyclic amines) is 1. The fourth-order valence-electron chi connectivity index (χ4n) is 4.27. The van der Waals surface area contributed by atoms with E-state index in [0.29, 0.717) is 30.3 Å². The molecule has 2 fully saturated rings. The number of halogens is 1. The zero-order valence-corrected chi connectivity index (χ0v) is 19.4. The smallest absolute Gasteiger partial charge is 0.295 e. The largest absolute Gasteiger partial charge is 0.507 e. The number of ether oxygens (including phenoxy) is 2. The maximum Gasteiger partial charge on any atom is 0.295 e. The van der Waals surface area contributed by atoms with Crippen molar-refractivity contribution in [3.8, 4) is 5.75 Å². The Balaban J connectivity index is 1.72. The summed E-state index contributed by atoms with van der Waals surface area (Å²) < 4.78 is 11.5. The first-order chi connectivity index (χ1) is 16.0. The fourth-order valence-corrected chi connectivity index (χ4v) is 4.39. The summed E-state index contributed by atoms with van der Waals surface area (Å²) in [5.74, 6) is -0.822. The lowest BCUT2D eigenvalue weighted by Crippen LogP contribution is -2.36. The number of hydrogen-bond acceptors (Lipinski definition) is 5. The third-order valence-electron chi connectivity index (χ3n) is 6.04. The number of nitrogens with zero attached hydrogens (tertiary/aromatic N) is 1. The Labute approximate surface area is 198 Å². The Morgan fingerprint density at radius 1 is 1.15 bits per heavy atom. The normalized spacial score (nSPS) is 22.2. The van der Waals surface area contributed by atoms with E-state index in [9.17, 15) is 14.7 Å². The number of aliphatic hydroxyl groups is 1. The fraction of sp³-hybridized carbons (Fsp3) is 0.385. The first kappa shape index (κ1) is 23.3. The van der Waals surface area contributed by atoms with Crippen molar-refractivity contribution in [1.29, 1.82) is 0 Å². The lowest BCUT2D eigenvalue weighted by molar-refractivity contribution is -0.140. The van der Waals surface area contributed by atoms with Crippen molar-refractivity contribution in [2.24, 2.45) is 0 Å². The number of unbranched alkanes of at least 4 members (excludes halogenated alkanes) is 1. The molecule has 33 heavy (non-hydrogen) atoms. The molecule has 174 valence electrons. The third-order valence-corrected chi connectivity index (χ3v) is 6.30. The van der Waals surface area contributed by atoms with Crippen LogP contribution in [0.4, 0.5) is 0 Å². The highest BCUT2D eigenvalue weighted by atomic mass is 35.5. The molecule has 0 unspecified atom stereocenters. The minimum atomic E-state index is -0.713. The van der Waals surface area contributed by atoms with Gasteiger partial charge in [-0.15, -0.1) is 0 Å². The average molecular weight is 470 g/mol. The van der Waals surface area contributed by atoms with Gasteiger partial charge in [-0.3, -0.25) is 9.59 Å². The van der Waals surface area contributed by atoms with Crippen LogP contribution in [0.5, 0.6) is 5.75 Å². The van der Waals surface area contributed by atoms with Crippen LogP contribution in [0, 0.1) is 0 Å². The number of amides is 1. The quantitative estimate of drug-likeness (QED) is 0.251.